The second-order valence-corrected chi connectivity index (χ2v) is 6.68. The number of likely N-dealkylation sites (N-methyl/N-ethyl adjacent to an activating group) is 1. The summed E-state index contributed by atoms with van der Waals surface area (Å²) in [4.78, 5) is 17.0. The van der Waals surface area contributed by atoms with Gasteiger partial charge in [0.25, 0.3) is 5.91 Å². The smallest absolute Gasteiger partial charge is 0.255 e. The topological polar surface area (TPSA) is 35.6 Å². The lowest BCUT2D eigenvalue weighted by Crippen LogP contribution is -2.43. The summed E-state index contributed by atoms with van der Waals surface area (Å²) in [6, 6.07) is 15.0. The monoisotopic (exact) mass is 343 g/mol. The van der Waals surface area contributed by atoms with Crippen molar-refractivity contribution < 1.29 is 4.79 Å². The average molecular weight is 344 g/mol. The number of carbonyl (C=O) groups is 1. The molecule has 3 rings (SSSR count). The molecule has 0 unspecified atom stereocenters. The van der Waals surface area contributed by atoms with Crippen molar-refractivity contribution in [2.24, 2.45) is 0 Å². The number of benzene rings is 2. The molecule has 0 aromatic heterocycles. The molecule has 0 atom stereocenters. The lowest BCUT2D eigenvalue weighted by Gasteiger charge is -2.32. The van der Waals surface area contributed by atoms with Gasteiger partial charge in [-0.15, -0.1) is 0 Å². The molecular weight excluding hydrogens is 322 g/mol. The number of amides is 1. The Labute approximate surface area is 148 Å². The third-order valence-electron chi connectivity index (χ3n) is 4.30. The molecule has 2 aromatic rings. The normalized spacial score (nSPS) is 16.1. The van der Waals surface area contributed by atoms with Crippen LogP contribution in [0.15, 0.2) is 48.5 Å². The fraction of sp³-hybridized carbons (Fsp3) is 0.316. The Bertz CT molecular complexity index is 694. The lowest BCUT2D eigenvalue weighted by molar-refractivity contribution is 0.102. The van der Waals surface area contributed by atoms with Crippen LogP contribution in [0.3, 0.4) is 0 Å². The van der Waals surface area contributed by atoms with Crippen LogP contribution in [0, 0.1) is 0 Å². The highest BCUT2D eigenvalue weighted by Gasteiger charge is 2.13. The van der Waals surface area contributed by atoms with Crippen LogP contribution in [0.2, 0.25) is 5.02 Å². The van der Waals surface area contributed by atoms with Gasteiger partial charge >= 0.3 is 0 Å². The Hall–Kier alpha value is -1.88. The van der Waals surface area contributed by atoms with Gasteiger partial charge in [0.1, 0.15) is 0 Å². The molecule has 0 saturated carbocycles. The molecular formula is C19H22ClN3O. The molecule has 2 aromatic carbocycles. The van der Waals surface area contributed by atoms with E-state index in [0.29, 0.717) is 10.6 Å². The molecule has 1 aliphatic heterocycles. The number of hydrogen-bond acceptors (Lipinski definition) is 3. The van der Waals surface area contributed by atoms with Crippen LogP contribution in [0.25, 0.3) is 0 Å². The van der Waals surface area contributed by atoms with E-state index < -0.39 is 0 Å². The second-order valence-electron chi connectivity index (χ2n) is 6.24. The maximum Gasteiger partial charge on any atom is 0.255 e. The summed E-state index contributed by atoms with van der Waals surface area (Å²) < 4.78 is 0. The van der Waals surface area contributed by atoms with Crippen LogP contribution in [0.5, 0.6) is 0 Å². The summed E-state index contributed by atoms with van der Waals surface area (Å²) in [5.41, 5.74) is 2.62. The van der Waals surface area contributed by atoms with Gasteiger partial charge < -0.3 is 10.2 Å². The number of hydrogen-bond donors (Lipinski definition) is 1. The summed E-state index contributed by atoms with van der Waals surface area (Å²) in [5.74, 6) is -0.149. The van der Waals surface area contributed by atoms with Crippen molar-refractivity contribution in [3.8, 4) is 0 Å². The number of rotatable bonds is 4. The number of nitrogens with one attached hydrogen (secondary N) is 1. The molecule has 1 saturated heterocycles. The first-order valence-corrected chi connectivity index (χ1v) is 8.55. The zero-order chi connectivity index (χ0) is 16.9. The standard InChI is InChI=1S/C19H22ClN3O/c1-22-9-11-23(12-10-22)14-15-5-7-18(8-6-15)21-19(24)16-3-2-4-17(20)13-16/h2-8,13H,9-12,14H2,1H3,(H,21,24). The lowest BCUT2D eigenvalue weighted by atomic mass is 10.1. The Kier molecular flexibility index (Phi) is 5.51. The molecule has 126 valence electrons. The second kappa shape index (κ2) is 7.79. The molecule has 0 aliphatic carbocycles. The molecule has 1 fully saturated rings. The van der Waals surface area contributed by atoms with Crippen molar-refractivity contribution in [2.75, 3.05) is 38.5 Å². The molecule has 0 bridgehead atoms. The van der Waals surface area contributed by atoms with Gasteiger partial charge in [0.2, 0.25) is 0 Å². The first kappa shape index (κ1) is 17.0. The van der Waals surface area contributed by atoms with Crippen LogP contribution < -0.4 is 5.32 Å². The van der Waals surface area contributed by atoms with E-state index in [0.717, 1.165) is 38.4 Å². The third kappa shape index (κ3) is 4.57. The van der Waals surface area contributed by atoms with Gasteiger partial charge in [-0.25, -0.2) is 0 Å². The predicted octanol–water partition coefficient (Wildman–Crippen LogP) is 3.34. The minimum absolute atomic E-state index is 0.149. The van der Waals surface area contributed by atoms with E-state index in [4.69, 9.17) is 11.6 Å². The maximum atomic E-state index is 12.2. The number of halogens is 1. The number of nitrogens with zero attached hydrogens (tertiary/aromatic N) is 2. The maximum absolute atomic E-state index is 12.2. The summed E-state index contributed by atoms with van der Waals surface area (Å²) in [6.45, 7) is 5.39. The third-order valence-corrected chi connectivity index (χ3v) is 4.54. The summed E-state index contributed by atoms with van der Waals surface area (Å²) in [5, 5.41) is 3.46. The van der Waals surface area contributed by atoms with Crippen LogP contribution >= 0.6 is 11.6 Å². The molecule has 1 aliphatic rings. The zero-order valence-corrected chi connectivity index (χ0v) is 14.6. The van der Waals surface area contributed by atoms with E-state index in [1.807, 2.05) is 12.1 Å². The fourth-order valence-electron chi connectivity index (χ4n) is 2.79. The van der Waals surface area contributed by atoms with Crippen molar-refractivity contribution in [2.45, 2.75) is 6.54 Å². The highest BCUT2D eigenvalue weighted by molar-refractivity contribution is 6.31. The minimum Gasteiger partial charge on any atom is -0.322 e. The molecule has 4 nitrogen and oxygen atoms in total. The van der Waals surface area contributed by atoms with E-state index in [9.17, 15) is 4.79 Å². The molecule has 1 heterocycles. The van der Waals surface area contributed by atoms with Crippen molar-refractivity contribution >= 4 is 23.2 Å². The van der Waals surface area contributed by atoms with Gasteiger partial charge in [0.05, 0.1) is 0 Å². The van der Waals surface area contributed by atoms with Gasteiger partial charge in [0.15, 0.2) is 0 Å². The Balaban J connectivity index is 1.57. The van der Waals surface area contributed by atoms with Crippen molar-refractivity contribution in [1.29, 1.82) is 0 Å². The summed E-state index contributed by atoms with van der Waals surface area (Å²) >= 11 is 5.93. The quantitative estimate of drug-likeness (QED) is 0.924. The van der Waals surface area contributed by atoms with Gasteiger partial charge in [-0.05, 0) is 42.9 Å². The predicted molar refractivity (Wildman–Crippen MR) is 98.6 cm³/mol. The van der Waals surface area contributed by atoms with Gasteiger partial charge in [0, 0.05) is 49.0 Å². The molecule has 5 heteroatoms. The van der Waals surface area contributed by atoms with Crippen molar-refractivity contribution in [3.63, 3.8) is 0 Å². The molecule has 1 amide bonds. The van der Waals surface area contributed by atoms with Crippen LogP contribution in [-0.4, -0.2) is 48.9 Å². The zero-order valence-electron chi connectivity index (χ0n) is 13.8. The fourth-order valence-corrected chi connectivity index (χ4v) is 2.98. The SMILES string of the molecule is CN1CCN(Cc2ccc(NC(=O)c3cccc(Cl)c3)cc2)CC1. The molecule has 0 spiro atoms. The van der Waals surface area contributed by atoms with Crippen LogP contribution in [0.4, 0.5) is 5.69 Å². The van der Waals surface area contributed by atoms with Crippen molar-refractivity contribution in [1.82, 2.24) is 9.80 Å². The van der Waals surface area contributed by atoms with E-state index in [-0.39, 0.29) is 5.91 Å². The number of anilines is 1. The van der Waals surface area contributed by atoms with Crippen molar-refractivity contribution in [3.05, 3.63) is 64.7 Å². The van der Waals surface area contributed by atoms with Crippen LogP contribution in [0.1, 0.15) is 15.9 Å². The van der Waals surface area contributed by atoms with E-state index in [1.54, 1.807) is 24.3 Å². The number of piperazine rings is 1. The van der Waals surface area contributed by atoms with E-state index >= 15 is 0 Å². The van der Waals surface area contributed by atoms with Gasteiger partial charge in [-0.2, -0.15) is 0 Å². The summed E-state index contributed by atoms with van der Waals surface area (Å²) in [7, 11) is 2.16. The van der Waals surface area contributed by atoms with E-state index in [2.05, 4.69) is 34.3 Å². The summed E-state index contributed by atoms with van der Waals surface area (Å²) in [6.07, 6.45) is 0. The first-order valence-electron chi connectivity index (χ1n) is 8.17. The highest BCUT2D eigenvalue weighted by atomic mass is 35.5. The number of carbonyl (C=O) groups excluding carboxylic acids is 1. The first-order chi connectivity index (χ1) is 11.6. The Morgan fingerprint density at radius 1 is 1.08 bits per heavy atom. The Morgan fingerprint density at radius 3 is 2.46 bits per heavy atom. The largest absolute Gasteiger partial charge is 0.322 e. The molecule has 24 heavy (non-hydrogen) atoms. The van der Waals surface area contributed by atoms with Crippen LogP contribution in [-0.2, 0) is 6.54 Å². The highest BCUT2D eigenvalue weighted by Crippen LogP contribution is 2.15. The van der Waals surface area contributed by atoms with Gasteiger partial charge in [-0.1, -0.05) is 29.8 Å². The van der Waals surface area contributed by atoms with Gasteiger partial charge in [-0.3, -0.25) is 9.69 Å². The Morgan fingerprint density at radius 2 is 1.79 bits per heavy atom. The average Bonchev–Trinajstić information content (AvgIpc) is 2.59. The minimum atomic E-state index is -0.149. The molecule has 0 radical (unpaired) electrons. The molecule has 1 N–H and O–H groups in total. The van der Waals surface area contributed by atoms with E-state index in [1.165, 1.54) is 5.56 Å².